The summed E-state index contributed by atoms with van der Waals surface area (Å²) in [6.07, 6.45) is 0. The van der Waals surface area contributed by atoms with Gasteiger partial charge in [-0.25, -0.2) is 4.39 Å². The highest BCUT2D eigenvalue weighted by molar-refractivity contribution is 5.61. The zero-order valence-electron chi connectivity index (χ0n) is 11.7. The van der Waals surface area contributed by atoms with E-state index < -0.39 is 10.7 Å². The van der Waals surface area contributed by atoms with Crippen LogP contribution in [0.15, 0.2) is 18.2 Å². The maximum absolute atomic E-state index is 13.2. The third-order valence-electron chi connectivity index (χ3n) is 3.66. The van der Waals surface area contributed by atoms with Crippen LogP contribution in [0, 0.1) is 15.9 Å². The molecule has 1 aliphatic heterocycles. The van der Waals surface area contributed by atoms with Crippen molar-refractivity contribution in [2.24, 2.45) is 0 Å². The van der Waals surface area contributed by atoms with Gasteiger partial charge in [0.2, 0.25) is 0 Å². The summed E-state index contributed by atoms with van der Waals surface area (Å²) < 4.78 is 13.2. The first-order valence-electron chi connectivity index (χ1n) is 6.54. The molecular formula is C13H19FN4O2. The number of nitro benzene ring substituents is 1. The fourth-order valence-corrected chi connectivity index (χ4v) is 2.36. The van der Waals surface area contributed by atoms with E-state index in [1.165, 1.54) is 12.1 Å². The SMILES string of the molecule is CN1CCN(C)C(CNc2cc(F)ccc2[N+](=O)[O-])C1. The minimum Gasteiger partial charge on any atom is -0.378 e. The summed E-state index contributed by atoms with van der Waals surface area (Å²) in [5.41, 5.74) is 0.134. The van der Waals surface area contributed by atoms with Crippen LogP contribution in [0.2, 0.25) is 0 Å². The highest BCUT2D eigenvalue weighted by Crippen LogP contribution is 2.25. The number of hydrogen-bond donors (Lipinski definition) is 1. The molecule has 1 unspecified atom stereocenters. The van der Waals surface area contributed by atoms with Gasteiger partial charge in [0.25, 0.3) is 5.69 Å². The maximum Gasteiger partial charge on any atom is 0.292 e. The maximum atomic E-state index is 13.2. The van der Waals surface area contributed by atoms with E-state index in [0.29, 0.717) is 6.54 Å². The van der Waals surface area contributed by atoms with Crippen molar-refractivity contribution in [2.75, 3.05) is 45.6 Å². The molecular weight excluding hydrogens is 263 g/mol. The molecule has 2 rings (SSSR count). The van der Waals surface area contributed by atoms with E-state index in [0.717, 1.165) is 25.7 Å². The summed E-state index contributed by atoms with van der Waals surface area (Å²) >= 11 is 0. The summed E-state index contributed by atoms with van der Waals surface area (Å²) in [6.45, 7) is 3.39. The van der Waals surface area contributed by atoms with Crippen LogP contribution in [-0.4, -0.2) is 61.0 Å². The largest absolute Gasteiger partial charge is 0.378 e. The Labute approximate surface area is 117 Å². The third kappa shape index (κ3) is 3.43. The average molecular weight is 282 g/mol. The van der Waals surface area contributed by atoms with Crippen molar-refractivity contribution < 1.29 is 9.31 Å². The lowest BCUT2D eigenvalue weighted by Crippen LogP contribution is -2.52. The topological polar surface area (TPSA) is 61.6 Å². The van der Waals surface area contributed by atoms with Crippen LogP contribution < -0.4 is 5.32 Å². The Morgan fingerprint density at radius 2 is 2.20 bits per heavy atom. The molecule has 0 spiro atoms. The van der Waals surface area contributed by atoms with E-state index in [-0.39, 0.29) is 17.4 Å². The van der Waals surface area contributed by atoms with Crippen LogP contribution in [-0.2, 0) is 0 Å². The molecule has 0 radical (unpaired) electrons. The molecule has 1 fully saturated rings. The lowest BCUT2D eigenvalue weighted by Gasteiger charge is -2.37. The first-order valence-corrected chi connectivity index (χ1v) is 6.54. The van der Waals surface area contributed by atoms with Crippen LogP contribution >= 0.6 is 0 Å². The number of hydrogen-bond acceptors (Lipinski definition) is 5. The molecule has 0 saturated carbocycles. The third-order valence-corrected chi connectivity index (χ3v) is 3.66. The Morgan fingerprint density at radius 3 is 2.90 bits per heavy atom. The second-order valence-electron chi connectivity index (χ2n) is 5.20. The Hall–Kier alpha value is -1.73. The summed E-state index contributed by atoms with van der Waals surface area (Å²) in [4.78, 5) is 14.8. The van der Waals surface area contributed by atoms with Crippen LogP contribution in [0.4, 0.5) is 15.8 Å². The fraction of sp³-hybridized carbons (Fsp3) is 0.538. The van der Waals surface area contributed by atoms with E-state index in [4.69, 9.17) is 0 Å². The Morgan fingerprint density at radius 1 is 1.45 bits per heavy atom. The summed E-state index contributed by atoms with van der Waals surface area (Å²) in [7, 11) is 4.07. The molecule has 1 aromatic carbocycles. The van der Waals surface area contributed by atoms with Gasteiger partial charge in [-0.1, -0.05) is 0 Å². The number of halogens is 1. The van der Waals surface area contributed by atoms with Gasteiger partial charge in [0.1, 0.15) is 11.5 Å². The Bertz CT molecular complexity index is 497. The second kappa shape index (κ2) is 6.15. The van der Waals surface area contributed by atoms with Crippen molar-refractivity contribution in [3.8, 4) is 0 Å². The molecule has 1 atom stereocenters. The molecule has 1 heterocycles. The zero-order valence-corrected chi connectivity index (χ0v) is 11.7. The lowest BCUT2D eigenvalue weighted by atomic mass is 10.1. The zero-order chi connectivity index (χ0) is 14.7. The monoisotopic (exact) mass is 282 g/mol. The van der Waals surface area contributed by atoms with E-state index >= 15 is 0 Å². The first-order chi connectivity index (χ1) is 9.47. The molecule has 110 valence electrons. The summed E-state index contributed by atoms with van der Waals surface area (Å²) in [5.74, 6) is -0.479. The van der Waals surface area contributed by atoms with Gasteiger partial charge in [-0.2, -0.15) is 0 Å². The molecule has 1 saturated heterocycles. The molecule has 20 heavy (non-hydrogen) atoms. The van der Waals surface area contributed by atoms with Gasteiger partial charge < -0.3 is 10.2 Å². The van der Waals surface area contributed by atoms with Gasteiger partial charge in [0.15, 0.2) is 0 Å². The highest BCUT2D eigenvalue weighted by Gasteiger charge is 2.23. The van der Waals surface area contributed by atoms with Gasteiger partial charge in [-0.15, -0.1) is 0 Å². The van der Waals surface area contributed by atoms with Crippen molar-refractivity contribution in [3.63, 3.8) is 0 Å². The number of nitro groups is 1. The van der Waals surface area contributed by atoms with Crippen molar-refractivity contribution in [3.05, 3.63) is 34.1 Å². The molecule has 0 aromatic heterocycles. The first kappa shape index (κ1) is 14.7. The standard InChI is InChI=1S/C13H19FN4O2/c1-16-5-6-17(2)11(9-16)8-15-12-7-10(14)3-4-13(12)18(19)20/h3-4,7,11,15H,5-6,8-9H2,1-2H3. The molecule has 1 N–H and O–H groups in total. The smallest absolute Gasteiger partial charge is 0.292 e. The van der Waals surface area contributed by atoms with Crippen LogP contribution in [0.25, 0.3) is 0 Å². The molecule has 7 heteroatoms. The molecule has 1 aliphatic rings. The van der Waals surface area contributed by atoms with Crippen molar-refractivity contribution in [1.29, 1.82) is 0 Å². The number of rotatable bonds is 4. The van der Waals surface area contributed by atoms with Gasteiger partial charge in [0.05, 0.1) is 4.92 Å². The number of piperazine rings is 1. The second-order valence-corrected chi connectivity index (χ2v) is 5.20. The number of likely N-dealkylation sites (N-methyl/N-ethyl adjacent to an activating group) is 2. The highest BCUT2D eigenvalue weighted by atomic mass is 19.1. The Kier molecular flexibility index (Phi) is 4.51. The Balaban J connectivity index is 2.06. The molecule has 0 bridgehead atoms. The molecule has 0 amide bonds. The van der Waals surface area contributed by atoms with Gasteiger partial charge in [-0.3, -0.25) is 15.0 Å². The van der Waals surface area contributed by atoms with Gasteiger partial charge in [0, 0.05) is 44.4 Å². The predicted molar refractivity (Wildman–Crippen MR) is 75.5 cm³/mol. The number of benzene rings is 1. The summed E-state index contributed by atoms with van der Waals surface area (Å²) in [5, 5.41) is 13.9. The number of nitrogens with zero attached hydrogens (tertiary/aromatic N) is 3. The van der Waals surface area contributed by atoms with E-state index in [1.54, 1.807) is 0 Å². The quantitative estimate of drug-likeness (QED) is 0.668. The number of nitrogens with one attached hydrogen (secondary N) is 1. The predicted octanol–water partition coefficient (Wildman–Crippen LogP) is 1.39. The number of anilines is 1. The van der Waals surface area contributed by atoms with Crippen LogP contribution in [0.3, 0.4) is 0 Å². The molecule has 6 nitrogen and oxygen atoms in total. The van der Waals surface area contributed by atoms with Crippen molar-refractivity contribution in [1.82, 2.24) is 9.80 Å². The van der Waals surface area contributed by atoms with Gasteiger partial charge in [-0.05, 0) is 20.2 Å². The minimum absolute atomic E-state index is 0.0989. The van der Waals surface area contributed by atoms with E-state index in [9.17, 15) is 14.5 Å². The lowest BCUT2D eigenvalue weighted by molar-refractivity contribution is -0.384. The average Bonchev–Trinajstić information content (AvgIpc) is 2.39. The van der Waals surface area contributed by atoms with Crippen LogP contribution in [0.1, 0.15) is 0 Å². The minimum atomic E-state index is -0.502. The normalized spacial score (nSPS) is 20.9. The fourth-order valence-electron chi connectivity index (χ4n) is 2.36. The van der Waals surface area contributed by atoms with Crippen molar-refractivity contribution >= 4 is 11.4 Å². The van der Waals surface area contributed by atoms with Crippen molar-refractivity contribution in [2.45, 2.75) is 6.04 Å². The van der Waals surface area contributed by atoms with Gasteiger partial charge >= 0.3 is 0 Å². The van der Waals surface area contributed by atoms with Crippen LogP contribution in [0.5, 0.6) is 0 Å². The molecule has 0 aliphatic carbocycles. The van der Waals surface area contributed by atoms with E-state index in [2.05, 4.69) is 15.1 Å². The van der Waals surface area contributed by atoms with E-state index in [1.807, 2.05) is 14.1 Å². The molecule has 1 aromatic rings. The summed E-state index contributed by atoms with van der Waals surface area (Å²) in [6, 6.07) is 3.71.